The van der Waals surface area contributed by atoms with E-state index in [4.69, 9.17) is 4.74 Å². The van der Waals surface area contributed by atoms with Crippen LogP contribution in [-0.2, 0) is 21.9 Å². The lowest BCUT2D eigenvalue weighted by atomic mass is 9.92. The van der Waals surface area contributed by atoms with Gasteiger partial charge in [0, 0.05) is 19.8 Å². The fourth-order valence-electron chi connectivity index (χ4n) is 3.05. The molecule has 0 aliphatic carbocycles. The SMILES string of the molecule is CC(C)CCN1C(=O)C(C)(C)COc2ccc(NS(=O)(=O)c3cn(C)cn3)cc21. The van der Waals surface area contributed by atoms with E-state index in [1.54, 1.807) is 34.7 Å². The van der Waals surface area contributed by atoms with Crippen LogP contribution in [0.25, 0.3) is 0 Å². The van der Waals surface area contributed by atoms with Gasteiger partial charge in [-0.25, -0.2) is 4.98 Å². The standard InChI is InChI=1S/C20H28N4O4S/c1-14(2)8-9-24-16-10-15(22-29(26,27)18-11-23(5)13-21-18)6-7-17(16)28-12-20(3,4)19(24)25/h6-7,10-11,13-14,22H,8-9,12H2,1-5H3. The van der Waals surface area contributed by atoms with Crippen LogP contribution in [-0.4, -0.2) is 37.0 Å². The number of carbonyl (C=O) groups is 1. The second kappa shape index (κ2) is 7.70. The second-order valence-corrected chi connectivity index (χ2v) is 10.1. The largest absolute Gasteiger partial charge is 0.490 e. The van der Waals surface area contributed by atoms with E-state index in [1.165, 1.54) is 12.5 Å². The molecule has 8 nitrogen and oxygen atoms in total. The lowest BCUT2D eigenvalue weighted by Crippen LogP contribution is -2.42. The van der Waals surface area contributed by atoms with Gasteiger partial charge in [0.2, 0.25) is 5.91 Å². The van der Waals surface area contributed by atoms with Gasteiger partial charge in [-0.05, 0) is 44.4 Å². The molecule has 158 valence electrons. The van der Waals surface area contributed by atoms with Gasteiger partial charge in [0.05, 0.1) is 23.1 Å². The molecule has 1 aliphatic rings. The highest BCUT2D eigenvalue weighted by Crippen LogP contribution is 2.38. The van der Waals surface area contributed by atoms with E-state index in [0.717, 1.165) is 6.42 Å². The molecule has 0 fully saturated rings. The van der Waals surface area contributed by atoms with Crippen LogP contribution in [0.2, 0.25) is 0 Å². The summed E-state index contributed by atoms with van der Waals surface area (Å²) in [5, 5.41) is -0.0694. The Morgan fingerprint density at radius 3 is 2.66 bits per heavy atom. The van der Waals surface area contributed by atoms with Crippen molar-refractivity contribution in [3.8, 4) is 5.75 Å². The first kappa shape index (κ1) is 21.2. The molecule has 1 aromatic heterocycles. The lowest BCUT2D eigenvalue weighted by Gasteiger charge is -2.28. The van der Waals surface area contributed by atoms with Crippen LogP contribution in [0.4, 0.5) is 11.4 Å². The zero-order valence-corrected chi connectivity index (χ0v) is 18.3. The molecule has 0 radical (unpaired) electrons. The maximum atomic E-state index is 13.2. The van der Waals surface area contributed by atoms with Crippen LogP contribution in [0.1, 0.15) is 34.1 Å². The van der Waals surface area contributed by atoms with Gasteiger partial charge in [-0.15, -0.1) is 0 Å². The van der Waals surface area contributed by atoms with Crippen molar-refractivity contribution in [1.29, 1.82) is 0 Å². The van der Waals surface area contributed by atoms with Crippen LogP contribution in [0, 0.1) is 11.3 Å². The molecule has 0 bridgehead atoms. The molecule has 1 aliphatic heterocycles. The second-order valence-electron chi connectivity index (χ2n) is 8.48. The van der Waals surface area contributed by atoms with Gasteiger partial charge in [0.1, 0.15) is 12.4 Å². The number of anilines is 2. The van der Waals surface area contributed by atoms with Crippen LogP contribution < -0.4 is 14.4 Å². The summed E-state index contributed by atoms with van der Waals surface area (Å²) in [7, 11) is -2.13. The summed E-state index contributed by atoms with van der Waals surface area (Å²) in [6.45, 7) is 8.70. The quantitative estimate of drug-likeness (QED) is 0.775. The molecule has 2 heterocycles. The van der Waals surface area contributed by atoms with Crippen LogP contribution in [0.3, 0.4) is 0 Å². The Kier molecular flexibility index (Phi) is 5.62. The number of aromatic nitrogens is 2. The first-order chi connectivity index (χ1) is 13.5. The molecule has 0 saturated carbocycles. The smallest absolute Gasteiger partial charge is 0.280 e. The summed E-state index contributed by atoms with van der Waals surface area (Å²) in [5.41, 5.74) is 0.242. The molecule has 0 spiro atoms. The predicted molar refractivity (Wildman–Crippen MR) is 112 cm³/mol. The van der Waals surface area contributed by atoms with Crippen LogP contribution in [0.15, 0.2) is 35.7 Å². The fraction of sp³-hybridized carbons (Fsp3) is 0.500. The highest BCUT2D eigenvalue weighted by Gasteiger charge is 2.37. The molecule has 1 N–H and O–H groups in total. The maximum absolute atomic E-state index is 13.2. The number of sulfonamides is 1. The summed E-state index contributed by atoms with van der Waals surface area (Å²) >= 11 is 0. The minimum absolute atomic E-state index is 0.0402. The van der Waals surface area contributed by atoms with Crippen molar-refractivity contribution in [2.45, 2.75) is 39.1 Å². The number of rotatable bonds is 6. The molecule has 0 atom stereocenters. The van der Waals surface area contributed by atoms with E-state index in [0.29, 0.717) is 29.6 Å². The summed E-state index contributed by atoms with van der Waals surface area (Å²) in [4.78, 5) is 18.8. The molecule has 9 heteroatoms. The number of nitrogens with one attached hydrogen (secondary N) is 1. The Labute approximate surface area is 171 Å². The van der Waals surface area contributed by atoms with Crippen LogP contribution >= 0.6 is 0 Å². The van der Waals surface area contributed by atoms with E-state index in [1.807, 2.05) is 13.8 Å². The number of imidazole rings is 1. The zero-order valence-electron chi connectivity index (χ0n) is 17.5. The predicted octanol–water partition coefficient (Wildman–Crippen LogP) is 3.02. The Bertz CT molecular complexity index is 1010. The van der Waals surface area contributed by atoms with E-state index >= 15 is 0 Å². The van der Waals surface area contributed by atoms with Gasteiger partial charge in [0.25, 0.3) is 10.0 Å². The number of hydrogen-bond acceptors (Lipinski definition) is 5. The molecule has 0 unspecified atom stereocenters. The number of nitrogens with zero attached hydrogens (tertiary/aromatic N) is 3. The molecule has 29 heavy (non-hydrogen) atoms. The first-order valence-electron chi connectivity index (χ1n) is 9.59. The first-order valence-corrected chi connectivity index (χ1v) is 11.1. The highest BCUT2D eigenvalue weighted by atomic mass is 32.2. The molecule has 3 rings (SSSR count). The fourth-order valence-corrected chi connectivity index (χ4v) is 4.09. The summed E-state index contributed by atoms with van der Waals surface area (Å²) < 4.78 is 35.2. The molecule has 1 aromatic carbocycles. The number of hydrogen-bond donors (Lipinski definition) is 1. The van der Waals surface area contributed by atoms with E-state index < -0.39 is 15.4 Å². The van der Waals surface area contributed by atoms with E-state index in [2.05, 4.69) is 23.6 Å². The van der Waals surface area contributed by atoms with Gasteiger partial charge >= 0.3 is 0 Å². The third-order valence-electron chi connectivity index (χ3n) is 4.80. The van der Waals surface area contributed by atoms with Crippen molar-refractivity contribution < 1.29 is 17.9 Å². The number of amides is 1. The monoisotopic (exact) mass is 420 g/mol. The topological polar surface area (TPSA) is 93.5 Å². The molecular weight excluding hydrogens is 392 g/mol. The van der Waals surface area contributed by atoms with Crippen molar-refractivity contribution in [3.63, 3.8) is 0 Å². The maximum Gasteiger partial charge on any atom is 0.280 e. The Balaban J connectivity index is 1.97. The number of ether oxygens (including phenoxy) is 1. The normalized spacial score (nSPS) is 16.3. The summed E-state index contributed by atoms with van der Waals surface area (Å²) in [6.07, 6.45) is 3.68. The van der Waals surface area contributed by atoms with E-state index in [-0.39, 0.29) is 17.5 Å². The average molecular weight is 421 g/mol. The van der Waals surface area contributed by atoms with Crippen molar-refractivity contribution in [2.24, 2.45) is 18.4 Å². The number of aryl methyl sites for hydroxylation is 1. The lowest BCUT2D eigenvalue weighted by molar-refractivity contribution is -0.127. The third kappa shape index (κ3) is 4.55. The zero-order chi connectivity index (χ0) is 21.4. The molecule has 1 amide bonds. The Morgan fingerprint density at radius 2 is 2.03 bits per heavy atom. The third-order valence-corrected chi connectivity index (χ3v) is 6.07. The Morgan fingerprint density at radius 1 is 1.31 bits per heavy atom. The average Bonchev–Trinajstić information content (AvgIpc) is 3.04. The summed E-state index contributed by atoms with van der Waals surface area (Å²) in [5.74, 6) is 0.944. The molecule has 2 aromatic rings. The van der Waals surface area contributed by atoms with Crippen molar-refractivity contribution in [3.05, 3.63) is 30.7 Å². The van der Waals surface area contributed by atoms with Gasteiger partial charge < -0.3 is 14.2 Å². The van der Waals surface area contributed by atoms with Gasteiger partial charge in [0.15, 0.2) is 5.03 Å². The van der Waals surface area contributed by atoms with Gasteiger partial charge in [-0.2, -0.15) is 8.42 Å². The number of fused-ring (bicyclic) bond motifs is 1. The van der Waals surface area contributed by atoms with E-state index in [9.17, 15) is 13.2 Å². The summed E-state index contributed by atoms with van der Waals surface area (Å²) in [6, 6.07) is 4.97. The molecule has 0 saturated heterocycles. The van der Waals surface area contributed by atoms with Gasteiger partial charge in [-0.1, -0.05) is 13.8 Å². The minimum atomic E-state index is -3.83. The van der Waals surface area contributed by atoms with Gasteiger partial charge in [-0.3, -0.25) is 9.52 Å². The minimum Gasteiger partial charge on any atom is -0.490 e. The Hall–Kier alpha value is -2.55. The van der Waals surface area contributed by atoms with Crippen LogP contribution in [0.5, 0.6) is 5.75 Å². The van der Waals surface area contributed by atoms with Crippen molar-refractivity contribution >= 4 is 27.3 Å². The van der Waals surface area contributed by atoms with Crippen molar-refractivity contribution in [2.75, 3.05) is 22.8 Å². The molecular formula is C20H28N4O4S. The number of carbonyl (C=O) groups excluding carboxylic acids is 1. The highest BCUT2D eigenvalue weighted by molar-refractivity contribution is 7.92. The number of benzene rings is 1. The van der Waals surface area contributed by atoms with Crippen molar-refractivity contribution in [1.82, 2.24) is 9.55 Å².